The first-order valence-electron chi connectivity index (χ1n) is 10.8. The Kier molecular flexibility index (Phi) is 8.83. The Morgan fingerprint density at radius 3 is 2.29 bits per heavy atom. The van der Waals surface area contributed by atoms with Crippen LogP contribution in [-0.2, 0) is 11.3 Å². The highest BCUT2D eigenvalue weighted by Crippen LogP contribution is 2.14. The Bertz CT molecular complexity index is 1030. The van der Waals surface area contributed by atoms with Gasteiger partial charge in [0, 0.05) is 25.7 Å². The van der Waals surface area contributed by atoms with Gasteiger partial charge in [0.05, 0.1) is 0 Å². The fourth-order valence-corrected chi connectivity index (χ4v) is 3.64. The number of rotatable bonds is 8. The second kappa shape index (κ2) is 12.0. The lowest BCUT2D eigenvalue weighted by molar-refractivity contribution is -0.124. The Morgan fingerprint density at radius 2 is 1.68 bits per heavy atom. The number of urea groups is 1. The Balaban J connectivity index is 1.71. The van der Waals surface area contributed by atoms with Gasteiger partial charge in [0.1, 0.15) is 17.2 Å². The van der Waals surface area contributed by atoms with E-state index >= 15 is 0 Å². The Hall–Kier alpha value is -3.63. The molecule has 2 aromatic rings. The van der Waals surface area contributed by atoms with E-state index < -0.39 is 35.0 Å². The van der Waals surface area contributed by atoms with Gasteiger partial charge in [-0.15, -0.1) is 0 Å². The van der Waals surface area contributed by atoms with Gasteiger partial charge in [0.25, 0.3) is 11.8 Å². The van der Waals surface area contributed by atoms with Crippen LogP contribution in [0.4, 0.5) is 13.6 Å². The van der Waals surface area contributed by atoms with Gasteiger partial charge in [-0.2, -0.15) is 0 Å². The minimum Gasteiger partial charge on any atom is -0.319 e. The molecule has 0 atom stereocenters. The van der Waals surface area contributed by atoms with Crippen LogP contribution >= 0.6 is 0 Å². The summed E-state index contributed by atoms with van der Waals surface area (Å²) in [5, 5.41) is 10.6. The number of likely N-dealkylation sites (tertiary alicyclic amines) is 1. The Labute approximate surface area is 195 Å². The third kappa shape index (κ3) is 6.93. The molecule has 4 amide bonds. The number of benzene rings is 2. The van der Waals surface area contributed by atoms with E-state index in [2.05, 4.69) is 10.2 Å². The zero-order valence-corrected chi connectivity index (χ0v) is 18.5. The number of imide groups is 1. The van der Waals surface area contributed by atoms with Crippen molar-refractivity contribution in [3.63, 3.8) is 0 Å². The lowest BCUT2D eigenvalue weighted by Crippen LogP contribution is -2.45. The van der Waals surface area contributed by atoms with Crippen LogP contribution in [0.15, 0.2) is 48.5 Å². The zero-order valence-electron chi connectivity index (χ0n) is 18.5. The first-order chi connectivity index (χ1) is 16.4. The van der Waals surface area contributed by atoms with E-state index in [0.29, 0.717) is 18.7 Å². The molecule has 1 heterocycles. The molecule has 10 heteroatoms. The van der Waals surface area contributed by atoms with Gasteiger partial charge in [-0.05, 0) is 55.3 Å². The van der Waals surface area contributed by atoms with Crippen molar-refractivity contribution in [3.8, 4) is 0 Å². The van der Waals surface area contributed by atoms with Gasteiger partial charge in [-0.25, -0.2) is 19.1 Å². The summed E-state index contributed by atoms with van der Waals surface area (Å²) in [7, 11) is 0. The van der Waals surface area contributed by atoms with Crippen molar-refractivity contribution in [1.82, 2.24) is 20.6 Å². The first kappa shape index (κ1) is 25.0. The number of hydrogen-bond acceptors (Lipinski definition) is 5. The van der Waals surface area contributed by atoms with Crippen LogP contribution in [-0.4, -0.2) is 59.0 Å². The van der Waals surface area contributed by atoms with Crippen LogP contribution in [0.5, 0.6) is 0 Å². The van der Waals surface area contributed by atoms with Crippen LogP contribution in [0.1, 0.15) is 34.3 Å². The second-order valence-corrected chi connectivity index (χ2v) is 7.88. The molecule has 2 aromatic carbocycles. The minimum absolute atomic E-state index is 0.161. The fraction of sp³-hybridized carbons (Fsp3) is 0.292. The van der Waals surface area contributed by atoms with Crippen LogP contribution in [0.3, 0.4) is 0 Å². The summed E-state index contributed by atoms with van der Waals surface area (Å²) in [5.41, 5.74) is 2.15. The van der Waals surface area contributed by atoms with Gasteiger partial charge in [0.2, 0.25) is 0 Å². The molecular formula is C24H26F2N4O4. The van der Waals surface area contributed by atoms with E-state index in [1.807, 2.05) is 0 Å². The number of carbonyl (C=O) groups excluding carboxylic acids is 3. The predicted molar refractivity (Wildman–Crippen MR) is 121 cm³/mol. The predicted octanol–water partition coefficient (Wildman–Crippen LogP) is 2.93. The molecule has 1 fully saturated rings. The fourth-order valence-electron chi connectivity index (χ4n) is 3.64. The van der Waals surface area contributed by atoms with E-state index in [9.17, 15) is 23.2 Å². The van der Waals surface area contributed by atoms with E-state index in [1.54, 1.807) is 24.3 Å². The second-order valence-electron chi connectivity index (χ2n) is 7.88. The van der Waals surface area contributed by atoms with Gasteiger partial charge in [-0.1, -0.05) is 30.3 Å². The average molecular weight is 472 g/mol. The number of hydroxylamine groups is 1. The summed E-state index contributed by atoms with van der Waals surface area (Å²) in [6.45, 7) is 2.94. The summed E-state index contributed by atoms with van der Waals surface area (Å²) in [6.07, 6.45) is 4.84. The lowest BCUT2D eigenvalue weighted by atomic mass is 10.1. The monoisotopic (exact) mass is 472 g/mol. The van der Waals surface area contributed by atoms with Crippen molar-refractivity contribution in [1.29, 1.82) is 0 Å². The molecule has 0 saturated carbocycles. The van der Waals surface area contributed by atoms with E-state index in [0.717, 1.165) is 55.8 Å². The van der Waals surface area contributed by atoms with Crippen molar-refractivity contribution in [3.05, 3.63) is 76.9 Å². The quantitative estimate of drug-likeness (QED) is 0.312. The largest absolute Gasteiger partial charge is 0.324 e. The van der Waals surface area contributed by atoms with Crippen molar-refractivity contribution >= 4 is 23.9 Å². The molecule has 0 bridgehead atoms. The molecule has 34 heavy (non-hydrogen) atoms. The Morgan fingerprint density at radius 1 is 1.03 bits per heavy atom. The highest BCUT2D eigenvalue weighted by Gasteiger charge is 2.23. The maximum absolute atomic E-state index is 13.9. The molecule has 0 aromatic heterocycles. The molecule has 0 radical (unpaired) electrons. The molecule has 0 unspecified atom stereocenters. The summed E-state index contributed by atoms with van der Waals surface area (Å²) in [4.78, 5) is 40.0. The van der Waals surface area contributed by atoms with Crippen molar-refractivity contribution < 1.29 is 28.4 Å². The number of nitrogens with one attached hydrogen (secondary N) is 2. The molecular weight excluding hydrogens is 446 g/mol. The molecule has 1 saturated heterocycles. The topological polar surface area (TPSA) is 102 Å². The molecule has 3 N–H and O–H groups in total. The van der Waals surface area contributed by atoms with Crippen LogP contribution in [0.2, 0.25) is 0 Å². The number of nitrogens with zero attached hydrogens (tertiary/aromatic N) is 2. The lowest BCUT2D eigenvalue weighted by Gasteiger charge is -2.25. The number of halogens is 2. The summed E-state index contributed by atoms with van der Waals surface area (Å²) in [5.74, 6) is -3.90. The van der Waals surface area contributed by atoms with E-state index in [4.69, 9.17) is 5.21 Å². The number of amides is 4. The summed E-state index contributed by atoms with van der Waals surface area (Å²) < 4.78 is 27.9. The van der Waals surface area contributed by atoms with Crippen LogP contribution < -0.4 is 10.8 Å². The minimum atomic E-state index is -1.14. The molecule has 0 aliphatic carbocycles. The highest BCUT2D eigenvalue weighted by atomic mass is 19.1. The normalized spacial score (nSPS) is 13.7. The van der Waals surface area contributed by atoms with Crippen LogP contribution in [0, 0.1) is 11.6 Å². The van der Waals surface area contributed by atoms with Crippen molar-refractivity contribution in [2.24, 2.45) is 0 Å². The number of hydrogen-bond donors (Lipinski definition) is 3. The molecule has 180 valence electrons. The van der Waals surface area contributed by atoms with E-state index in [-0.39, 0.29) is 6.54 Å². The first-order valence-corrected chi connectivity index (χ1v) is 10.8. The smallest absolute Gasteiger partial charge is 0.319 e. The van der Waals surface area contributed by atoms with E-state index in [1.165, 1.54) is 16.5 Å². The van der Waals surface area contributed by atoms with Crippen molar-refractivity contribution in [2.75, 3.05) is 26.2 Å². The summed E-state index contributed by atoms with van der Waals surface area (Å²) in [6, 6.07) is 9.26. The third-order valence-electron chi connectivity index (χ3n) is 5.47. The molecule has 8 nitrogen and oxygen atoms in total. The maximum Gasteiger partial charge on any atom is 0.324 e. The van der Waals surface area contributed by atoms with Gasteiger partial charge in [-0.3, -0.25) is 20.1 Å². The van der Waals surface area contributed by atoms with Crippen molar-refractivity contribution in [2.45, 2.75) is 19.4 Å². The number of carbonyl (C=O) groups is 3. The summed E-state index contributed by atoms with van der Waals surface area (Å²) >= 11 is 0. The van der Waals surface area contributed by atoms with Gasteiger partial charge in [0.15, 0.2) is 0 Å². The zero-order chi connectivity index (χ0) is 24.5. The average Bonchev–Trinajstić information content (AvgIpc) is 3.34. The molecule has 1 aliphatic rings. The SMILES string of the molecule is O=C(/C=C/c1ccc(CN(CCN2CCCC2)C(=O)NC(=O)c2c(F)cccc2F)cc1)NO. The highest BCUT2D eigenvalue weighted by molar-refractivity contribution is 6.04. The van der Waals surface area contributed by atoms with Gasteiger partial charge < -0.3 is 9.80 Å². The standard InChI is InChI=1S/C24H26F2N4O4/c25-19-4-3-5-20(26)22(19)23(32)27-24(33)30(15-14-29-12-1-2-13-29)16-18-8-6-17(7-9-18)10-11-21(31)28-34/h3-11,34H,1-2,12-16H2,(H,28,31)(H,27,32,33)/b11-10+. The molecule has 1 aliphatic heterocycles. The molecule has 3 rings (SSSR count). The van der Waals surface area contributed by atoms with Gasteiger partial charge >= 0.3 is 6.03 Å². The van der Waals surface area contributed by atoms with Crippen LogP contribution in [0.25, 0.3) is 6.08 Å². The molecule has 0 spiro atoms. The maximum atomic E-state index is 13.9. The third-order valence-corrected chi connectivity index (χ3v) is 5.47.